The van der Waals surface area contributed by atoms with Crippen molar-refractivity contribution < 1.29 is 9.47 Å². The molecule has 1 aromatic carbocycles. The summed E-state index contributed by atoms with van der Waals surface area (Å²) in [6.45, 7) is 9.15. The summed E-state index contributed by atoms with van der Waals surface area (Å²) >= 11 is 0. The van der Waals surface area contributed by atoms with Gasteiger partial charge in [-0.3, -0.25) is 0 Å². The van der Waals surface area contributed by atoms with Crippen molar-refractivity contribution in [3.63, 3.8) is 0 Å². The summed E-state index contributed by atoms with van der Waals surface area (Å²) in [5.74, 6) is 0.911. The first-order valence-electron chi connectivity index (χ1n) is 6.61. The van der Waals surface area contributed by atoms with Crippen molar-refractivity contribution >= 4 is 0 Å². The molecule has 0 radical (unpaired) electrons. The summed E-state index contributed by atoms with van der Waals surface area (Å²) in [5.41, 5.74) is 1.20. The topological polar surface area (TPSA) is 30.5 Å². The highest BCUT2D eigenvalue weighted by molar-refractivity contribution is 5.31. The van der Waals surface area contributed by atoms with Gasteiger partial charge in [-0.05, 0) is 45.0 Å². The van der Waals surface area contributed by atoms with Crippen LogP contribution in [-0.4, -0.2) is 25.9 Å². The van der Waals surface area contributed by atoms with Crippen molar-refractivity contribution in [1.82, 2.24) is 5.32 Å². The Balaban J connectivity index is 2.90. The lowest BCUT2D eigenvalue weighted by molar-refractivity contribution is 0.0834. The molecule has 2 atom stereocenters. The normalized spacial score (nSPS) is 14.6. The number of ether oxygens (including phenoxy) is 2. The van der Waals surface area contributed by atoms with Crippen molar-refractivity contribution in [2.75, 3.05) is 13.7 Å². The Bertz CT molecular complexity index is 352. The van der Waals surface area contributed by atoms with Crippen LogP contribution >= 0.6 is 0 Å². The standard InChI is InChI=1S/C15H25NO2/c1-6-16-15(12(4)17-5)13-8-7-9-14(10-13)18-11(2)3/h7-12,15-16H,6H2,1-5H3. The third-order valence-electron chi connectivity index (χ3n) is 2.85. The molecule has 0 bridgehead atoms. The summed E-state index contributed by atoms with van der Waals surface area (Å²) < 4.78 is 11.2. The van der Waals surface area contributed by atoms with Gasteiger partial charge >= 0.3 is 0 Å². The van der Waals surface area contributed by atoms with E-state index in [9.17, 15) is 0 Å². The molecule has 0 saturated carbocycles. The summed E-state index contributed by atoms with van der Waals surface area (Å²) in [7, 11) is 1.74. The smallest absolute Gasteiger partial charge is 0.120 e. The van der Waals surface area contributed by atoms with Crippen LogP contribution in [0.3, 0.4) is 0 Å². The van der Waals surface area contributed by atoms with E-state index in [1.807, 2.05) is 26.0 Å². The van der Waals surface area contributed by atoms with Gasteiger partial charge in [0.05, 0.1) is 18.2 Å². The monoisotopic (exact) mass is 251 g/mol. The molecule has 102 valence electrons. The van der Waals surface area contributed by atoms with Crippen LogP contribution in [0.4, 0.5) is 0 Å². The third-order valence-corrected chi connectivity index (χ3v) is 2.85. The zero-order valence-corrected chi connectivity index (χ0v) is 12.1. The van der Waals surface area contributed by atoms with Crippen molar-refractivity contribution in [2.45, 2.75) is 45.9 Å². The first-order chi connectivity index (χ1) is 8.58. The molecule has 0 heterocycles. The van der Waals surface area contributed by atoms with Crippen LogP contribution in [0.1, 0.15) is 39.3 Å². The molecule has 2 unspecified atom stereocenters. The first kappa shape index (κ1) is 15.0. The highest BCUT2D eigenvalue weighted by Crippen LogP contribution is 2.23. The van der Waals surface area contributed by atoms with Crippen LogP contribution in [0, 0.1) is 0 Å². The van der Waals surface area contributed by atoms with Crippen molar-refractivity contribution in [2.24, 2.45) is 0 Å². The minimum absolute atomic E-state index is 0.124. The van der Waals surface area contributed by atoms with Crippen LogP contribution in [0.2, 0.25) is 0 Å². The predicted molar refractivity (Wildman–Crippen MR) is 75.1 cm³/mol. The minimum atomic E-state index is 0.124. The Labute approximate surface area is 110 Å². The predicted octanol–water partition coefficient (Wildman–Crippen LogP) is 3.16. The zero-order valence-electron chi connectivity index (χ0n) is 12.1. The molecule has 0 fully saturated rings. The van der Waals surface area contributed by atoms with E-state index in [1.54, 1.807) is 7.11 Å². The molecule has 0 amide bonds. The molecule has 1 rings (SSSR count). The van der Waals surface area contributed by atoms with Crippen LogP contribution in [0.25, 0.3) is 0 Å². The Morgan fingerprint density at radius 1 is 1.22 bits per heavy atom. The van der Waals surface area contributed by atoms with Gasteiger partial charge in [0.15, 0.2) is 0 Å². The number of methoxy groups -OCH3 is 1. The van der Waals surface area contributed by atoms with E-state index in [2.05, 4.69) is 31.3 Å². The largest absolute Gasteiger partial charge is 0.491 e. The number of hydrogen-bond acceptors (Lipinski definition) is 3. The van der Waals surface area contributed by atoms with Crippen LogP contribution in [0.5, 0.6) is 5.75 Å². The van der Waals surface area contributed by atoms with E-state index >= 15 is 0 Å². The third kappa shape index (κ3) is 4.31. The van der Waals surface area contributed by atoms with Gasteiger partial charge in [0.25, 0.3) is 0 Å². The average molecular weight is 251 g/mol. The number of rotatable bonds is 7. The van der Waals surface area contributed by atoms with E-state index in [0.29, 0.717) is 0 Å². The summed E-state index contributed by atoms with van der Waals surface area (Å²) in [6, 6.07) is 8.40. The molecule has 1 N–H and O–H groups in total. The van der Waals surface area contributed by atoms with Gasteiger partial charge in [-0.15, -0.1) is 0 Å². The molecule has 18 heavy (non-hydrogen) atoms. The van der Waals surface area contributed by atoms with Gasteiger partial charge < -0.3 is 14.8 Å². The van der Waals surface area contributed by atoms with Gasteiger partial charge in [0, 0.05) is 7.11 Å². The number of benzene rings is 1. The summed E-state index contributed by atoms with van der Waals surface area (Å²) in [6.07, 6.45) is 0.317. The second-order valence-electron chi connectivity index (χ2n) is 4.72. The maximum atomic E-state index is 5.73. The molecular weight excluding hydrogens is 226 g/mol. The molecule has 3 nitrogen and oxygen atoms in total. The molecule has 0 spiro atoms. The molecule has 0 aliphatic rings. The Morgan fingerprint density at radius 3 is 2.50 bits per heavy atom. The minimum Gasteiger partial charge on any atom is -0.491 e. The van der Waals surface area contributed by atoms with E-state index in [0.717, 1.165) is 12.3 Å². The molecule has 3 heteroatoms. The fourth-order valence-electron chi connectivity index (χ4n) is 1.96. The van der Waals surface area contributed by atoms with Gasteiger partial charge in [0.2, 0.25) is 0 Å². The molecule has 1 aromatic rings. The van der Waals surface area contributed by atoms with Gasteiger partial charge in [-0.25, -0.2) is 0 Å². The summed E-state index contributed by atoms with van der Waals surface area (Å²) in [4.78, 5) is 0. The van der Waals surface area contributed by atoms with Crippen molar-refractivity contribution in [1.29, 1.82) is 0 Å². The molecular formula is C15H25NO2. The second kappa shape index (κ2) is 7.39. The molecule has 0 aromatic heterocycles. The van der Waals surface area contributed by atoms with Crippen LogP contribution in [0.15, 0.2) is 24.3 Å². The Morgan fingerprint density at radius 2 is 1.94 bits per heavy atom. The molecule has 0 saturated heterocycles. The SMILES string of the molecule is CCNC(c1cccc(OC(C)C)c1)C(C)OC. The van der Waals surface area contributed by atoms with Crippen LogP contribution < -0.4 is 10.1 Å². The quantitative estimate of drug-likeness (QED) is 0.807. The maximum Gasteiger partial charge on any atom is 0.120 e. The number of hydrogen-bond donors (Lipinski definition) is 1. The van der Waals surface area contributed by atoms with E-state index in [-0.39, 0.29) is 18.2 Å². The van der Waals surface area contributed by atoms with Crippen molar-refractivity contribution in [3.8, 4) is 5.75 Å². The van der Waals surface area contributed by atoms with E-state index in [4.69, 9.17) is 9.47 Å². The second-order valence-corrected chi connectivity index (χ2v) is 4.72. The Hall–Kier alpha value is -1.06. The zero-order chi connectivity index (χ0) is 13.5. The first-order valence-corrected chi connectivity index (χ1v) is 6.61. The Kier molecular flexibility index (Phi) is 6.16. The fourth-order valence-corrected chi connectivity index (χ4v) is 1.96. The highest BCUT2D eigenvalue weighted by atomic mass is 16.5. The molecule has 0 aliphatic heterocycles. The fraction of sp³-hybridized carbons (Fsp3) is 0.600. The van der Waals surface area contributed by atoms with Gasteiger partial charge in [-0.1, -0.05) is 19.1 Å². The van der Waals surface area contributed by atoms with Gasteiger partial charge in [0.1, 0.15) is 5.75 Å². The van der Waals surface area contributed by atoms with E-state index in [1.165, 1.54) is 5.56 Å². The maximum absolute atomic E-state index is 5.73. The van der Waals surface area contributed by atoms with Crippen molar-refractivity contribution in [3.05, 3.63) is 29.8 Å². The lowest BCUT2D eigenvalue weighted by atomic mass is 10.0. The molecule has 0 aliphatic carbocycles. The number of nitrogens with one attached hydrogen (secondary N) is 1. The lowest BCUT2D eigenvalue weighted by Crippen LogP contribution is -2.31. The van der Waals surface area contributed by atoms with Gasteiger partial charge in [-0.2, -0.15) is 0 Å². The van der Waals surface area contributed by atoms with Crippen LogP contribution in [-0.2, 0) is 4.74 Å². The summed E-state index contributed by atoms with van der Waals surface area (Å²) in [5, 5.41) is 3.45. The average Bonchev–Trinajstić information content (AvgIpc) is 2.34. The lowest BCUT2D eigenvalue weighted by Gasteiger charge is -2.24. The highest BCUT2D eigenvalue weighted by Gasteiger charge is 2.18. The number of likely N-dealkylation sites (N-methyl/N-ethyl adjacent to an activating group) is 1. The van der Waals surface area contributed by atoms with E-state index < -0.39 is 0 Å².